The Morgan fingerprint density at radius 2 is 1.73 bits per heavy atom. The van der Waals surface area contributed by atoms with Gasteiger partial charge >= 0.3 is 5.97 Å². The Balaban J connectivity index is 1.74. The number of aryl methyl sites for hydroxylation is 2. The number of nitrogens with zero attached hydrogens (tertiary/aromatic N) is 2. The Morgan fingerprint density at radius 3 is 2.38 bits per heavy atom. The number of amides is 1. The Morgan fingerprint density at radius 1 is 1.03 bits per heavy atom. The number of ether oxygens (including phenoxy) is 2. The molecule has 0 atom stereocenters. The van der Waals surface area contributed by atoms with E-state index in [0.717, 1.165) is 11.1 Å². The molecule has 3 aromatic carbocycles. The molecule has 0 spiro atoms. The standard InChI is InChI=1S/C27H22Cl2N2O5S/c1-15-4-7-18(12-20(15)28)30-27-31(19-8-5-16(2)21(29)13-19)26(34)24(37-27)11-17-6-9-22(23(10-17)35-3)36-14-25(32)33/h4-13H,14H2,1-3H3,(H,32,33)/b24-11-,30-27?. The molecule has 0 aromatic heterocycles. The van der Waals surface area contributed by atoms with Crippen molar-refractivity contribution in [1.82, 2.24) is 0 Å². The van der Waals surface area contributed by atoms with Crippen molar-refractivity contribution < 1.29 is 24.2 Å². The normalized spacial score (nSPS) is 15.5. The van der Waals surface area contributed by atoms with Gasteiger partial charge in [0.1, 0.15) is 0 Å². The largest absolute Gasteiger partial charge is 0.493 e. The molecule has 0 bridgehead atoms. The number of amidine groups is 1. The summed E-state index contributed by atoms with van der Waals surface area (Å²) in [6, 6.07) is 15.8. The second-order valence-electron chi connectivity index (χ2n) is 8.11. The fourth-order valence-electron chi connectivity index (χ4n) is 3.44. The highest BCUT2D eigenvalue weighted by Gasteiger charge is 2.35. The predicted molar refractivity (Wildman–Crippen MR) is 149 cm³/mol. The average molecular weight is 557 g/mol. The van der Waals surface area contributed by atoms with Gasteiger partial charge in [-0.25, -0.2) is 9.79 Å². The van der Waals surface area contributed by atoms with Crippen molar-refractivity contribution in [2.75, 3.05) is 18.6 Å². The number of methoxy groups -OCH3 is 1. The maximum Gasteiger partial charge on any atom is 0.341 e. The number of anilines is 1. The number of aliphatic imine (C=N–C) groups is 1. The van der Waals surface area contributed by atoms with E-state index in [2.05, 4.69) is 0 Å². The number of benzene rings is 3. The van der Waals surface area contributed by atoms with Crippen LogP contribution in [0.4, 0.5) is 11.4 Å². The van der Waals surface area contributed by atoms with Crippen LogP contribution in [0.5, 0.6) is 11.5 Å². The molecular formula is C27H22Cl2N2O5S. The molecule has 10 heteroatoms. The van der Waals surface area contributed by atoms with Crippen LogP contribution >= 0.6 is 35.0 Å². The Labute approximate surface area is 228 Å². The fourth-order valence-corrected chi connectivity index (χ4v) is 4.79. The first kappa shape index (κ1) is 26.6. The lowest BCUT2D eigenvalue weighted by Crippen LogP contribution is -2.28. The summed E-state index contributed by atoms with van der Waals surface area (Å²) in [5.41, 5.74) is 3.67. The molecule has 1 N–H and O–H groups in total. The topological polar surface area (TPSA) is 88.4 Å². The van der Waals surface area contributed by atoms with Crippen molar-refractivity contribution in [2.45, 2.75) is 13.8 Å². The molecule has 1 heterocycles. The molecule has 37 heavy (non-hydrogen) atoms. The van der Waals surface area contributed by atoms with Gasteiger partial charge < -0.3 is 14.6 Å². The second kappa shape index (κ2) is 11.3. The number of rotatable bonds is 7. The third-order valence-electron chi connectivity index (χ3n) is 5.44. The molecule has 3 aromatic rings. The van der Waals surface area contributed by atoms with Gasteiger partial charge in [-0.1, -0.05) is 41.4 Å². The maximum absolute atomic E-state index is 13.6. The Bertz CT molecular complexity index is 1450. The summed E-state index contributed by atoms with van der Waals surface area (Å²) in [4.78, 5) is 31.1. The number of thioether (sulfide) groups is 1. The summed E-state index contributed by atoms with van der Waals surface area (Å²) >= 11 is 13.9. The van der Waals surface area contributed by atoms with Crippen molar-refractivity contribution in [2.24, 2.45) is 4.99 Å². The third kappa shape index (κ3) is 6.10. The first-order chi connectivity index (χ1) is 17.7. The quantitative estimate of drug-likeness (QED) is 0.318. The van der Waals surface area contributed by atoms with E-state index in [1.807, 2.05) is 38.1 Å². The van der Waals surface area contributed by atoms with Gasteiger partial charge in [0, 0.05) is 10.0 Å². The van der Waals surface area contributed by atoms with E-state index in [0.29, 0.717) is 42.8 Å². The SMILES string of the molecule is COc1cc(/C=C2\SC(=Nc3ccc(C)c(Cl)c3)N(c3ccc(C)c(Cl)c3)C2=O)ccc1OCC(=O)O. The molecule has 1 aliphatic heterocycles. The van der Waals surface area contributed by atoms with E-state index in [1.54, 1.807) is 36.4 Å². The van der Waals surface area contributed by atoms with E-state index >= 15 is 0 Å². The van der Waals surface area contributed by atoms with Crippen LogP contribution < -0.4 is 14.4 Å². The zero-order valence-electron chi connectivity index (χ0n) is 20.1. The molecule has 7 nitrogen and oxygen atoms in total. The summed E-state index contributed by atoms with van der Waals surface area (Å²) < 4.78 is 10.6. The summed E-state index contributed by atoms with van der Waals surface area (Å²) in [5, 5.41) is 10.4. The van der Waals surface area contributed by atoms with Gasteiger partial charge in [0.05, 0.1) is 23.4 Å². The minimum atomic E-state index is -1.10. The van der Waals surface area contributed by atoms with Crippen molar-refractivity contribution >= 4 is 69.5 Å². The number of carbonyl (C=O) groups is 2. The summed E-state index contributed by atoms with van der Waals surface area (Å²) in [6.45, 7) is 3.29. The van der Waals surface area contributed by atoms with Crippen molar-refractivity contribution in [1.29, 1.82) is 0 Å². The molecule has 0 saturated carbocycles. The molecule has 1 saturated heterocycles. The lowest BCUT2D eigenvalue weighted by Gasteiger charge is -2.16. The second-order valence-corrected chi connectivity index (χ2v) is 9.93. The molecular weight excluding hydrogens is 535 g/mol. The van der Waals surface area contributed by atoms with Gasteiger partial charge in [-0.05, 0) is 84.8 Å². The summed E-state index contributed by atoms with van der Waals surface area (Å²) in [7, 11) is 1.45. The van der Waals surface area contributed by atoms with E-state index in [1.165, 1.54) is 23.8 Å². The Kier molecular flexibility index (Phi) is 8.12. The van der Waals surface area contributed by atoms with Crippen molar-refractivity contribution in [3.05, 3.63) is 86.2 Å². The number of aliphatic carboxylic acids is 1. The van der Waals surface area contributed by atoms with Gasteiger partial charge in [0.2, 0.25) is 0 Å². The van der Waals surface area contributed by atoms with Crippen LogP contribution in [0.25, 0.3) is 6.08 Å². The zero-order chi connectivity index (χ0) is 26.7. The predicted octanol–water partition coefficient (Wildman–Crippen LogP) is 6.89. The van der Waals surface area contributed by atoms with Gasteiger partial charge in [-0.3, -0.25) is 9.69 Å². The van der Waals surface area contributed by atoms with Gasteiger partial charge in [0.25, 0.3) is 5.91 Å². The summed E-state index contributed by atoms with van der Waals surface area (Å²) in [5.74, 6) is -0.741. The maximum atomic E-state index is 13.6. The number of carbonyl (C=O) groups excluding carboxylic acids is 1. The van der Waals surface area contributed by atoms with Crippen molar-refractivity contribution in [3.8, 4) is 11.5 Å². The minimum absolute atomic E-state index is 0.271. The highest BCUT2D eigenvalue weighted by Crippen LogP contribution is 2.39. The van der Waals surface area contributed by atoms with E-state index < -0.39 is 12.6 Å². The fraction of sp³-hybridized carbons (Fsp3) is 0.148. The van der Waals surface area contributed by atoms with E-state index in [9.17, 15) is 9.59 Å². The minimum Gasteiger partial charge on any atom is -0.493 e. The van der Waals surface area contributed by atoms with Crippen LogP contribution in [0.2, 0.25) is 10.0 Å². The van der Waals surface area contributed by atoms with Crippen LogP contribution in [0.15, 0.2) is 64.5 Å². The van der Waals surface area contributed by atoms with E-state index in [-0.39, 0.29) is 11.7 Å². The monoisotopic (exact) mass is 556 g/mol. The first-order valence-electron chi connectivity index (χ1n) is 11.0. The highest BCUT2D eigenvalue weighted by atomic mass is 35.5. The molecule has 1 fully saturated rings. The molecule has 0 unspecified atom stereocenters. The van der Waals surface area contributed by atoms with Gasteiger partial charge in [-0.15, -0.1) is 0 Å². The highest BCUT2D eigenvalue weighted by molar-refractivity contribution is 8.19. The third-order valence-corrected chi connectivity index (χ3v) is 7.22. The van der Waals surface area contributed by atoms with Crippen LogP contribution in [-0.2, 0) is 9.59 Å². The van der Waals surface area contributed by atoms with Crippen LogP contribution in [0.1, 0.15) is 16.7 Å². The lowest BCUT2D eigenvalue weighted by atomic mass is 10.1. The molecule has 190 valence electrons. The van der Waals surface area contributed by atoms with Crippen LogP contribution in [-0.4, -0.2) is 35.9 Å². The number of hydrogen-bond acceptors (Lipinski definition) is 6. The molecule has 0 radical (unpaired) electrons. The van der Waals surface area contributed by atoms with Gasteiger partial charge in [-0.2, -0.15) is 0 Å². The lowest BCUT2D eigenvalue weighted by molar-refractivity contribution is -0.139. The molecule has 4 rings (SSSR count). The van der Waals surface area contributed by atoms with Crippen molar-refractivity contribution in [3.63, 3.8) is 0 Å². The number of hydrogen-bond donors (Lipinski definition) is 1. The molecule has 1 amide bonds. The number of carboxylic acid groups (broad SMARTS) is 1. The first-order valence-corrected chi connectivity index (χ1v) is 12.6. The summed E-state index contributed by atoms with van der Waals surface area (Å²) in [6.07, 6.45) is 1.71. The van der Waals surface area contributed by atoms with Gasteiger partial charge in [0.15, 0.2) is 23.3 Å². The van der Waals surface area contributed by atoms with Crippen LogP contribution in [0, 0.1) is 13.8 Å². The molecule has 1 aliphatic rings. The Hall–Kier alpha value is -3.46. The zero-order valence-corrected chi connectivity index (χ0v) is 22.4. The number of carboxylic acids is 1. The smallest absolute Gasteiger partial charge is 0.341 e. The number of halogens is 2. The molecule has 0 aliphatic carbocycles. The average Bonchev–Trinajstić information content (AvgIpc) is 3.16. The van der Waals surface area contributed by atoms with Crippen LogP contribution in [0.3, 0.4) is 0 Å². The van der Waals surface area contributed by atoms with E-state index in [4.69, 9.17) is 42.8 Å².